The summed E-state index contributed by atoms with van der Waals surface area (Å²) in [5.74, 6) is -0.0561. The van der Waals surface area contributed by atoms with E-state index in [0.29, 0.717) is 24.3 Å². The third kappa shape index (κ3) is 4.96. The first kappa shape index (κ1) is 24.3. The molecule has 2 N–H and O–H groups in total. The maximum Gasteiger partial charge on any atom is 0.222 e. The van der Waals surface area contributed by atoms with Crippen molar-refractivity contribution in [2.75, 3.05) is 50.9 Å². The van der Waals surface area contributed by atoms with Gasteiger partial charge < -0.3 is 15.5 Å². The van der Waals surface area contributed by atoms with Gasteiger partial charge in [0.15, 0.2) is 5.82 Å². The molecule has 36 heavy (non-hydrogen) atoms. The monoisotopic (exact) mass is 494 g/mol. The molecule has 0 aliphatic carbocycles. The highest BCUT2D eigenvalue weighted by Gasteiger charge is 2.33. The predicted octanol–water partition coefficient (Wildman–Crippen LogP) is 3.04. The number of nitrogens with zero attached hydrogens (tertiary/aromatic N) is 7. The van der Waals surface area contributed by atoms with E-state index in [-0.39, 0.29) is 12.0 Å². The van der Waals surface area contributed by atoms with Gasteiger partial charge in [-0.2, -0.15) is 10.1 Å². The topological polar surface area (TPSA) is 79.3 Å². The van der Waals surface area contributed by atoms with Crippen molar-refractivity contribution in [1.82, 2.24) is 29.5 Å². The van der Waals surface area contributed by atoms with E-state index in [0.717, 1.165) is 61.3 Å². The molecule has 10 heteroatoms. The first-order valence-corrected chi connectivity index (χ1v) is 12.2. The van der Waals surface area contributed by atoms with Crippen molar-refractivity contribution in [2.24, 2.45) is 0 Å². The van der Waals surface area contributed by atoms with Gasteiger partial charge in [0.25, 0.3) is 0 Å². The minimum Gasteiger partial charge on any atom is -0.368 e. The summed E-state index contributed by atoms with van der Waals surface area (Å²) >= 11 is 0. The highest BCUT2D eigenvalue weighted by atomic mass is 19.1. The molecule has 4 heterocycles. The summed E-state index contributed by atoms with van der Waals surface area (Å²) in [6.07, 6.45) is 7.58. The van der Waals surface area contributed by atoms with Crippen molar-refractivity contribution in [1.29, 1.82) is 0 Å². The van der Waals surface area contributed by atoms with Crippen molar-refractivity contribution in [3.63, 3.8) is 0 Å². The number of nitrogen functional groups attached to an aromatic ring is 1. The van der Waals surface area contributed by atoms with Crippen LogP contribution in [0.25, 0.3) is 11.9 Å². The van der Waals surface area contributed by atoms with E-state index in [1.807, 2.05) is 38.2 Å². The summed E-state index contributed by atoms with van der Waals surface area (Å²) in [6.45, 7) is 5.94. The molecule has 2 aromatic heterocycles. The number of fused-ring (bicyclic) bond motifs is 3. The predicted molar refractivity (Wildman–Crippen MR) is 137 cm³/mol. The van der Waals surface area contributed by atoms with Crippen molar-refractivity contribution >= 4 is 17.7 Å². The van der Waals surface area contributed by atoms with Crippen LogP contribution >= 0.6 is 0 Å². The fourth-order valence-corrected chi connectivity index (χ4v) is 5.22. The number of hydrogen-bond donors (Lipinski definition) is 1. The first-order valence-electron chi connectivity index (χ1n) is 12.2. The van der Waals surface area contributed by atoms with Crippen LogP contribution in [-0.4, -0.2) is 75.9 Å². The fourth-order valence-electron chi connectivity index (χ4n) is 5.22. The van der Waals surface area contributed by atoms with Gasteiger partial charge in [0.05, 0.1) is 17.6 Å². The van der Waals surface area contributed by atoms with E-state index in [4.69, 9.17) is 5.73 Å². The molecule has 3 aromatic rings. The van der Waals surface area contributed by atoms with E-state index in [2.05, 4.69) is 37.0 Å². The Labute approximate surface area is 210 Å². The summed E-state index contributed by atoms with van der Waals surface area (Å²) in [5, 5.41) is 4.53. The van der Waals surface area contributed by atoms with Crippen LogP contribution < -0.4 is 10.6 Å². The molecule has 190 valence electrons. The normalized spacial score (nSPS) is 18.2. The van der Waals surface area contributed by atoms with Crippen molar-refractivity contribution in [3.05, 3.63) is 64.6 Å². The maximum absolute atomic E-state index is 14.2. The van der Waals surface area contributed by atoms with Crippen LogP contribution in [0.5, 0.6) is 0 Å². The minimum absolute atomic E-state index is 0.228. The third-order valence-electron chi connectivity index (χ3n) is 6.93. The Morgan fingerprint density at radius 2 is 2.00 bits per heavy atom. The second-order valence-electron chi connectivity index (χ2n) is 9.84. The number of rotatable bonds is 6. The molecule has 1 atom stereocenters. The smallest absolute Gasteiger partial charge is 0.222 e. The van der Waals surface area contributed by atoms with Gasteiger partial charge in [0.2, 0.25) is 5.95 Å². The molecular weight excluding hydrogens is 462 g/mol. The Balaban J connectivity index is 1.24. The lowest BCUT2D eigenvalue weighted by atomic mass is 9.93. The number of hydrogen-bond acceptors (Lipinski definition) is 7. The highest BCUT2D eigenvalue weighted by molar-refractivity contribution is 5.58. The molecular formula is C26H32F2N8. The molecule has 0 spiro atoms. The zero-order chi connectivity index (χ0) is 25.4. The molecule has 1 saturated heterocycles. The second kappa shape index (κ2) is 9.94. The minimum atomic E-state index is -0.508. The van der Waals surface area contributed by atoms with E-state index < -0.39 is 11.6 Å². The van der Waals surface area contributed by atoms with E-state index in [1.165, 1.54) is 6.07 Å². The largest absolute Gasteiger partial charge is 0.368 e. The Hall–Kier alpha value is -3.37. The maximum atomic E-state index is 14.2. The molecule has 1 unspecified atom stereocenters. The molecule has 0 amide bonds. The number of anilines is 2. The molecule has 1 aromatic carbocycles. The molecule has 5 rings (SSSR count). The lowest BCUT2D eigenvalue weighted by Gasteiger charge is -2.46. The number of benzene rings is 1. The SMILES string of the molecule is Cc1c(C=CCN2CCN3c4cc(F)cc(F)c4CCC3C2)cnn1-c1cc(CN(C)C)nc(N)n1. The quantitative estimate of drug-likeness (QED) is 0.564. The van der Waals surface area contributed by atoms with Crippen molar-refractivity contribution in [2.45, 2.75) is 32.4 Å². The van der Waals surface area contributed by atoms with Crippen molar-refractivity contribution in [3.8, 4) is 5.82 Å². The standard InChI is InChI=1S/C26H32F2N8/c1-17-18(14-30-36(17)25-13-20(15-33(2)3)31-26(29)32-25)5-4-8-34-9-10-35-21(16-34)6-7-22-23(28)11-19(27)12-24(22)35/h4-5,11-14,21H,6-10,15-16H2,1-3H3,(H2,29,31,32). The van der Waals surface area contributed by atoms with Gasteiger partial charge in [0, 0.05) is 67.7 Å². The van der Waals surface area contributed by atoms with Crippen molar-refractivity contribution < 1.29 is 8.78 Å². The van der Waals surface area contributed by atoms with E-state index >= 15 is 0 Å². The van der Waals surface area contributed by atoms with Crippen LogP contribution in [0.3, 0.4) is 0 Å². The Morgan fingerprint density at radius 1 is 1.17 bits per heavy atom. The number of aromatic nitrogens is 4. The van der Waals surface area contributed by atoms with Crippen LogP contribution in [0.15, 0.2) is 30.5 Å². The van der Waals surface area contributed by atoms with Crippen LogP contribution in [0.4, 0.5) is 20.4 Å². The molecule has 2 aliphatic heterocycles. The highest BCUT2D eigenvalue weighted by Crippen LogP contribution is 2.35. The van der Waals surface area contributed by atoms with E-state index in [1.54, 1.807) is 4.68 Å². The number of halogens is 2. The van der Waals surface area contributed by atoms with Crippen LogP contribution in [-0.2, 0) is 13.0 Å². The fraction of sp³-hybridized carbons (Fsp3) is 0.423. The molecule has 0 saturated carbocycles. The first-order chi connectivity index (χ1) is 17.3. The zero-order valence-corrected chi connectivity index (χ0v) is 21.0. The van der Waals surface area contributed by atoms with Crippen LogP contribution in [0, 0.1) is 18.6 Å². The average Bonchev–Trinajstić information content (AvgIpc) is 3.18. The summed E-state index contributed by atoms with van der Waals surface area (Å²) < 4.78 is 29.8. The van der Waals surface area contributed by atoms with E-state index in [9.17, 15) is 8.78 Å². The third-order valence-corrected chi connectivity index (χ3v) is 6.93. The molecule has 8 nitrogen and oxygen atoms in total. The van der Waals surface area contributed by atoms with Crippen LogP contribution in [0.2, 0.25) is 0 Å². The summed E-state index contributed by atoms with van der Waals surface area (Å²) in [6, 6.07) is 4.65. The molecule has 0 radical (unpaired) electrons. The second-order valence-corrected chi connectivity index (χ2v) is 9.84. The Kier molecular flexibility index (Phi) is 6.72. The van der Waals surface area contributed by atoms with Gasteiger partial charge in [-0.1, -0.05) is 12.2 Å². The van der Waals surface area contributed by atoms with Gasteiger partial charge in [-0.3, -0.25) is 4.90 Å². The number of piperazine rings is 1. The Morgan fingerprint density at radius 3 is 2.81 bits per heavy atom. The summed E-state index contributed by atoms with van der Waals surface area (Å²) in [4.78, 5) is 15.3. The lowest BCUT2D eigenvalue weighted by Crippen LogP contribution is -2.55. The van der Waals surface area contributed by atoms with Gasteiger partial charge in [-0.25, -0.2) is 18.4 Å². The molecule has 1 fully saturated rings. The molecule has 0 bridgehead atoms. The summed E-state index contributed by atoms with van der Waals surface area (Å²) in [7, 11) is 3.96. The summed E-state index contributed by atoms with van der Waals surface area (Å²) in [5.41, 5.74) is 10.1. The van der Waals surface area contributed by atoms with Gasteiger partial charge in [0.1, 0.15) is 11.6 Å². The van der Waals surface area contributed by atoms with Gasteiger partial charge >= 0.3 is 0 Å². The van der Waals surface area contributed by atoms with Gasteiger partial charge in [-0.15, -0.1) is 0 Å². The molecule has 2 aliphatic rings. The van der Waals surface area contributed by atoms with Crippen LogP contribution in [0.1, 0.15) is 28.9 Å². The number of nitrogens with two attached hydrogens (primary N) is 1. The lowest BCUT2D eigenvalue weighted by molar-refractivity contribution is 0.233. The van der Waals surface area contributed by atoms with Gasteiger partial charge in [-0.05, 0) is 39.9 Å². The zero-order valence-electron chi connectivity index (χ0n) is 21.0. The Bertz CT molecular complexity index is 1290. The average molecular weight is 495 g/mol.